The number of ether oxygens (including phenoxy) is 3. The Morgan fingerprint density at radius 1 is 1.03 bits per heavy atom. The fourth-order valence-corrected chi connectivity index (χ4v) is 4.09. The van der Waals surface area contributed by atoms with E-state index in [2.05, 4.69) is 0 Å². The van der Waals surface area contributed by atoms with Crippen molar-refractivity contribution in [2.45, 2.75) is 4.90 Å². The second-order valence-electron chi connectivity index (χ2n) is 6.10. The summed E-state index contributed by atoms with van der Waals surface area (Å²) in [6, 6.07) is 8.25. The molecule has 0 amide bonds. The first-order valence-corrected chi connectivity index (χ1v) is 10.2. The minimum absolute atomic E-state index is 0.0369. The summed E-state index contributed by atoms with van der Waals surface area (Å²) in [4.78, 5) is 12.0. The van der Waals surface area contributed by atoms with Gasteiger partial charge in [-0.3, -0.25) is 0 Å². The summed E-state index contributed by atoms with van der Waals surface area (Å²) in [6.07, 6.45) is 0. The molecule has 0 spiro atoms. The Kier molecular flexibility index (Phi) is 6.78. The molecule has 0 saturated carbocycles. The molecule has 7 nitrogen and oxygen atoms in total. The Bertz CT molecular complexity index is 959. The van der Waals surface area contributed by atoms with Crippen molar-refractivity contribution in [1.29, 1.82) is 0 Å². The number of benzene rings is 2. The lowest BCUT2D eigenvalue weighted by atomic mass is 10.2. The second-order valence-corrected chi connectivity index (χ2v) is 8.03. The van der Waals surface area contributed by atoms with Gasteiger partial charge in [0, 0.05) is 13.1 Å². The number of sulfonamides is 1. The van der Waals surface area contributed by atoms with Crippen molar-refractivity contribution in [3.05, 3.63) is 59.7 Å². The Hall–Kier alpha value is -2.56. The predicted molar refractivity (Wildman–Crippen MR) is 98.2 cm³/mol. The van der Waals surface area contributed by atoms with Crippen LogP contribution in [-0.4, -0.2) is 58.2 Å². The number of halogens is 2. The van der Waals surface area contributed by atoms with E-state index < -0.39 is 33.2 Å². The molecule has 1 fully saturated rings. The van der Waals surface area contributed by atoms with Crippen LogP contribution in [0.3, 0.4) is 0 Å². The maximum Gasteiger partial charge on any atom is 0.341 e. The van der Waals surface area contributed by atoms with Gasteiger partial charge in [0.15, 0.2) is 0 Å². The van der Waals surface area contributed by atoms with Gasteiger partial charge < -0.3 is 14.2 Å². The molecule has 2 aromatic rings. The number of hydrogen-bond donors (Lipinski definition) is 0. The monoisotopic (exact) mass is 427 g/mol. The summed E-state index contributed by atoms with van der Waals surface area (Å²) in [5.74, 6) is -1.93. The number of hydrogen-bond acceptors (Lipinski definition) is 6. The molecular weight excluding hydrogens is 408 g/mol. The lowest BCUT2D eigenvalue weighted by Crippen LogP contribution is -2.40. The summed E-state index contributed by atoms with van der Waals surface area (Å²) in [5, 5.41) is 0. The maximum absolute atomic E-state index is 14.1. The molecule has 0 N–H and O–H groups in total. The highest BCUT2D eigenvalue weighted by Crippen LogP contribution is 2.21. The van der Waals surface area contributed by atoms with E-state index in [0.29, 0.717) is 5.75 Å². The van der Waals surface area contributed by atoms with Gasteiger partial charge in [0.05, 0.1) is 23.7 Å². The highest BCUT2D eigenvalue weighted by atomic mass is 32.2. The average Bonchev–Trinajstić information content (AvgIpc) is 2.73. The van der Waals surface area contributed by atoms with Gasteiger partial charge in [0.1, 0.15) is 30.6 Å². The first kappa shape index (κ1) is 21.2. The van der Waals surface area contributed by atoms with Crippen LogP contribution in [0.15, 0.2) is 47.4 Å². The zero-order valence-electron chi connectivity index (χ0n) is 15.3. The van der Waals surface area contributed by atoms with Crippen molar-refractivity contribution in [2.24, 2.45) is 0 Å². The third kappa shape index (κ3) is 5.28. The predicted octanol–water partition coefficient (Wildman–Crippen LogP) is 2.22. The van der Waals surface area contributed by atoms with Gasteiger partial charge in [-0.25, -0.2) is 22.0 Å². The van der Waals surface area contributed by atoms with Gasteiger partial charge in [-0.15, -0.1) is 0 Å². The van der Waals surface area contributed by atoms with E-state index in [1.54, 1.807) is 0 Å². The number of carbonyl (C=O) groups excluding carboxylic acids is 1. The van der Waals surface area contributed by atoms with Gasteiger partial charge in [-0.1, -0.05) is 0 Å². The van der Waals surface area contributed by atoms with E-state index >= 15 is 0 Å². The van der Waals surface area contributed by atoms with Crippen LogP contribution in [0.2, 0.25) is 0 Å². The zero-order valence-corrected chi connectivity index (χ0v) is 16.2. The molecule has 3 rings (SSSR count). The number of carbonyl (C=O) groups is 1. The van der Waals surface area contributed by atoms with E-state index in [4.69, 9.17) is 14.2 Å². The number of rotatable bonds is 7. The molecule has 0 unspecified atom stereocenters. The zero-order chi connectivity index (χ0) is 20.9. The SMILES string of the molecule is O=C(OCCOc1ccc(F)cc1)c1cc(S(=O)(=O)N2CCOCC2)ccc1F. The fraction of sp³-hybridized carbons (Fsp3) is 0.316. The Morgan fingerprint density at radius 2 is 1.72 bits per heavy atom. The van der Waals surface area contributed by atoms with Crippen molar-refractivity contribution in [3.8, 4) is 5.75 Å². The van der Waals surface area contributed by atoms with E-state index in [1.807, 2.05) is 0 Å². The van der Waals surface area contributed by atoms with Crippen molar-refractivity contribution >= 4 is 16.0 Å². The number of nitrogens with zero attached hydrogens (tertiary/aromatic N) is 1. The molecule has 1 heterocycles. The van der Waals surface area contributed by atoms with Crippen LogP contribution in [0.5, 0.6) is 5.75 Å². The van der Waals surface area contributed by atoms with Gasteiger partial charge in [0.2, 0.25) is 10.0 Å². The van der Waals surface area contributed by atoms with E-state index in [-0.39, 0.29) is 44.4 Å². The molecule has 0 bridgehead atoms. The molecule has 156 valence electrons. The lowest BCUT2D eigenvalue weighted by molar-refractivity contribution is 0.0445. The average molecular weight is 427 g/mol. The van der Waals surface area contributed by atoms with Crippen LogP contribution in [0, 0.1) is 11.6 Å². The smallest absolute Gasteiger partial charge is 0.341 e. The van der Waals surface area contributed by atoms with Gasteiger partial charge >= 0.3 is 5.97 Å². The quantitative estimate of drug-likeness (QED) is 0.498. The Labute approximate surface area is 166 Å². The van der Waals surface area contributed by atoms with E-state index in [0.717, 1.165) is 18.2 Å². The van der Waals surface area contributed by atoms with E-state index in [1.165, 1.54) is 28.6 Å². The highest BCUT2D eigenvalue weighted by molar-refractivity contribution is 7.89. The summed E-state index contributed by atoms with van der Waals surface area (Å²) in [7, 11) is -3.88. The Balaban J connectivity index is 1.62. The van der Waals surface area contributed by atoms with E-state index in [9.17, 15) is 22.0 Å². The van der Waals surface area contributed by atoms with Gasteiger partial charge in [-0.05, 0) is 42.5 Å². The maximum atomic E-state index is 14.1. The molecule has 2 aromatic carbocycles. The molecule has 0 aliphatic carbocycles. The van der Waals surface area contributed by atoms with Crippen molar-refractivity contribution in [1.82, 2.24) is 4.31 Å². The summed E-state index contributed by atoms with van der Waals surface area (Å²) < 4.78 is 68.8. The molecule has 1 aliphatic heterocycles. The third-order valence-corrected chi connectivity index (χ3v) is 6.06. The molecule has 1 aliphatic rings. The summed E-state index contributed by atoms with van der Waals surface area (Å²) in [6.45, 7) is 0.661. The molecule has 0 radical (unpaired) electrons. The molecule has 29 heavy (non-hydrogen) atoms. The van der Waals surface area contributed by atoms with Crippen molar-refractivity contribution < 1.29 is 36.2 Å². The topological polar surface area (TPSA) is 82.1 Å². The van der Waals surface area contributed by atoms with Crippen LogP contribution in [0.1, 0.15) is 10.4 Å². The van der Waals surface area contributed by atoms with Crippen LogP contribution in [0.25, 0.3) is 0 Å². The first-order valence-electron chi connectivity index (χ1n) is 8.81. The van der Waals surface area contributed by atoms with Crippen LogP contribution >= 0.6 is 0 Å². The molecule has 1 saturated heterocycles. The van der Waals surface area contributed by atoms with Crippen LogP contribution < -0.4 is 4.74 Å². The first-order chi connectivity index (χ1) is 13.9. The molecule has 10 heteroatoms. The largest absolute Gasteiger partial charge is 0.490 e. The van der Waals surface area contributed by atoms with Crippen LogP contribution in [-0.2, 0) is 19.5 Å². The molecule has 0 atom stereocenters. The van der Waals surface area contributed by atoms with Crippen molar-refractivity contribution in [3.63, 3.8) is 0 Å². The normalized spacial score (nSPS) is 15.1. The van der Waals surface area contributed by atoms with Crippen molar-refractivity contribution in [2.75, 3.05) is 39.5 Å². The summed E-state index contributed by atoms with van der Waals surface area (Å²) in [5.41, 5.74) is -0.485. The lowest BCUT2D eigenvalue weighted by Gasteiger charge is -2.26. The second kappa shape index (κ2) is 9.29. The Morgan fingerprint density at radius 3 is 2.41 bits per heavy atom. The standard InChI is InChI=1S/C19H19F2NO6S/c20-14-1-3-15(4-2-14)27-11-12-28-19(23)17-13-16(5-6-18(17)21)29(24,25)22-7-9-26-10-8-22/h1-6,13H,7-12H2. The minimum atomic E-state index is -3.88. The summed E-state index contributed by atoms with van der Waals surface area (Å²) >= 11 is 0. The minimum Gasteiger partial charge on any atom is -0.490 e. The highest BCUT2D eigenvalue weighted by Gasteiger charge is 2.28. The number of esters is 1. The fourth-order valence-electron chi connectivity index (χ4n) is 2.66. The van der Waals surface area contributed by atoms with Gasteiger partial charge in [0.25, 0.3) is 0 Å². The third-order valence-electron chi connectivity index (χ3n) is 4.16. The number of morpholine rings is 1. The molecular formula is C19H19F2NO6S. The molecule has 0 aromatic heterocycles. The van der Waals surface area contributed by atoms with Crippen LogP contribution in [0.4, 0.5) is 8.78 Å². The van der Waals surface area contributed by atoms with Gasteiger partial charge in [-0.2, -0.15) is 4.31 Å².